The van der Waals surface area contributed by atoms with E-state index in [1.54, 1.807) is 0 Å². The summed E-state index contributed by atoms with van der Waals surface area (Å²) >= 11 is 0. The first-order valence-corrected chi connectivity index (χ1v) is 9.67. The maximum Gasteiger partial charge on any atom is 0.249 e. The van der Waals surface area contributed by atoms with E-state index >= 15 is 0 Å². The Kier molecular flexibility index (Phi) is 4.21. The predicted octanol–water partition coefficient (Wildman–Crippen LogP) is 5.08. The fourth-order valence-corrected chi connectivity index (χ4v) is 3.90. The molecule has 0 fully saturated rings. The molecule has 2 heterocycles. The average molecular weight is 380 g/mol. The van der Waals surface area contributed by atoms with Crippen LogP contribution in [0.3, 0.4) is 0 Å². The van der Waals surface area contributed by atoms with Gasteiger partial charge in [-0.2, -0.15) is 4.68 Å². The van der Waals surface area contributed by atoms with E-state index in [9.17, 15) is 4.79 Å². The first kappa shape index (κ1) is 17.4. The van der Waals surface area contributed by atoms with Crippen LogP contribution in [0.25, 0.3) is 21.9 Å². The van der Waals surface area contributed by atoms with Crippen molar-refractivity contribution < 1.29 is 4.79 Å². The van der Waals surface area contributed by atoms with Crippen molar-refractivity contribution in [1.29, 1.82) is 0 Å². The Labute approximate surface area is 168 Å². The molecule has 142 valence electrons. The molecule has 5 rings (SSSR count). The zero-order valence-corrected chi connectivity index (χ0v) is 16.0. The number of nitrogens with zero attached hydrogens (tertiary/aromatic N) is 3. The van der Waals surface area contributed by atoms with Gasteiger partial charge in [0.05, 0.1) is 5.52 Å². The van der Waals surface area contributed by atoms with E-state index in [1.807, 2.05) is 42.6 Å². The number of aromatic amines is 1. The highest BCUT2D eigenvalue weighted by Gasteiger charge is 2.23. The van der Waals surface area contributed by atoms with Gasteiger partial charge < -0.3 is 4.98 Å². The quantitative estimate of drug-likeness (QED) is 0.473. The highest BCUT2D eigenvalue weighted by molar-refractivity contribution is 5.90. The molecule has 0 aliphatic rings. The normalized spacial score (nSPS) is 12.4. The topological polar surface area (TPSA) is 63.6 Å². The van der Waals surface area contributed by atoms with Crippen LogP contribution in [0, 0.1) is 6.92 Å². The monoisotopic (exact) mass is 380 g/mol. The van der Waals surface area contributed by atoms with Gasteiger partial charge in [0.15, 0.2) is 0 Å². The van der Waals surface area contributed by atoms with Gasteiger partial charge in [-0.05, 0) is 36.2 Å². The van der Waals surface area contributed by atoms with Gasteiger partial charge in [0, 0.05) is 29.4 Å². The molecule has 0 bridgehead atoms. The number of aryl methyl sites for hydroxylation is 1. The summed E-state index contributed by atoms with van der Waals surface area (Å²) in [7, 11) is 0. The van der Waals surface area contributed by atoms with Gasteiger partial charge in [0.2, 0.25) is 5.91 Å². The van der Waals surface area contributed by atoms with E-state index in [1.165, 1.54) is 10.2 Å². The number of hydrogen-bond acceptors (Lipinski definition) is 3. The van der Waals surface area contributed by atoms with Crippen LogP contribution in [-0.4, -0.2) is 25.9 Å². The molecule has 2 aromatic heterocycles. The molecule has 5 aromatic rings. The molecule has 0 aliphatic heterocycles. The van der Waals surface area contributed by atoms with E-state index in [-0.39, 0.29) is 11.8 Å². The van der Waals surface area contributed by atoms with Gasteiger partial charge in [-0.1, -0.05) is 65.4 Å². The molecule has 0 saturated carbocycles. The summed E-state index contributed by atoms with van der Waals surface area (Å²) in [6, 6.07) is 24.1. The number of fused-ring (bicyclic) bond motifs is 2. The highest BCUT2D eigenvalue weighted by Crippen LogP contribution is 2.34. The second kappa shape index (κ2) is 7.02. The van der Waals surface area contributed by atoms with Crippen molar-refractivity contribution in [3.05, 3.63) is 95.7 Å². The molecule has 1 N–H and O–H groups in total. The van der Waals surface area contributed by atoms with E-state index in [2.05, 4.69) is 58.6 Å². The number of benzene rings is 3. The zero-order chi connectivity index (χ0) is 19.8. The van der Waals surface area contributed by atoms with Crippen LogP contribution in [0.2, 0.25) is 0 Å². The van der Waals surface area contributed by atoms with Crippen molar-refractivity contribution in [2.75, 3.05) is 0 Å². The van der Waals surface area contributed by atoms with Gasteiger partial charge in [0.25, 0.3) is 0 Å². The Balaban J connectivity index is 1.59. The second-order valence-electron chi connectivity index (χ2n) is 7.34. The molecular formula is C24H20N4O. The van der Waals surface area contributed by atoms with Crippen molar-refractivity contribution in [2.45, 2.75) is 19.3 Å². The first-order valence-electron chi connectivity index (χ1n) is 9.67. The first-order chi connectivity index (χ1) is 14.2. The Morgan fingerprint density at radius 3 is 2.62 bits per heavy atom. The number of para-hydroxylation sites is 2. The van der Waals surface area contributed by atoms with Crippen LogP contribution >= 0.6 is 0 Å². The smallest absolute Gasteiger partial charge is 0.249 e. The average Bonchev–Trinajstić information content (AvgIpc) is 3.37. The predicted molar refractivity (Wildman–Crippen MR) is 114 cm³/mol. The fourth-order valence-electron chi connectivity index (χ4n) is 3.90. The summed E-state index contributed by atoms with van der Waals surface area (Å²) in [6.07, 6.45) is 2.32. The van der Waals surface area contributed by atoms with Crippen LogP contribution in [0.1, 0.15) is 33.8 Å². The molecule has 1 atom stereocenters. The van der Waals surface area contributed by atoms with E-state index in [0.29, 0.717) is 6.42 Å². The number of aromatic nitrogens is 4. The minimum atomic E-state index is -0.0813. The molecule has 29 heavy (non-hydrogen) atoms. The molecule has 5 heteroatoms. The van der Waals surface area contributed by atoms with Gasteiger partial charge in [-0.3, -0.25) is 4.79 Å². The zero-order valence-electron chi connectivity index (χ0n) is 16.0. The summed E-state index contributed by atoms with van der Waals surface area (Å²) in [5.74, 6) is -0.156. The minimum Gasteiger partial charge on any atom is -0.361 e. The summed E-state index contributed by atoms with van der Waals surface area (Å²) in [5, 5.41) is 9.37. The van der Waals surface area contributed by atoms with Gasteiger partial charge in [0.1, 0.15) is 5.52 Å². The Morgan fingerprint density at radius 1 is 1.00 bits per heavy atom. The van der Waals surface area contributed by atoms with E-state index in [4.69, 9.17) is 0 Å². The number of hydrogen-bond donors (Lipinski definition) is 1. The van der Waals surface area contributed by atoms with Crippen LogP contribution in [0.5, 0.6) is 0 Å². The SMILES string of the molecule is Cc1ccc(C(CC(=O)n2nnc3ccccc32)c2c[nH]c3ccccc23)cc1. The van der Waals surface area contributed by atoms with Crippen molar-refractivity contribution in [2.24, 2.45) is 0 Å². The molecule has 0 spiro atoms. The van der Waals surface area contributed by atoms with Crippen molar-refractivity contribution in [3.63, 3.8) is 0 Å². The van der Waals surface area contributed by atoms with Crippen molar-refractivity contribution >= 4 is 27.8 Å². The maximum atomic E-state index is 13.3. The Hall–Kier alpha value is -3.73. The van der Waals surface area contributed by atoms with Crippen molar-refractivity contribution in [1.82, 2.24) is 20.0 Å². The third kappa shape index (κ3) is 3.10. The molecule has 3 aromatic carbocycles. The van der Waals surface area contributed by atoms with E-state index < -0.39 is 0 Å². The molecule has 1 unspecified atom stereocenters. The summed E-state index contributed by atoms with van der Waals surface area (Å²) < 4.78 is 1.42. The Bertz CT molecular complexity index is 1310. The molecule has 0 aliphatic carbocycles. The number of rotatable bonds is 4. The maximum absolute atomic E-state index is 13.3. The highest BCUT2D eigenvalue weighted by atomic mass is 16.2. The van der Waals surface area contributed by atoms with Gasteiger partial charge in [-0.25, -0.2) is 0 Å². The number of H-pyrrole nitrogens is 1. The lowest BCUT2D eigenvalue weighted by Gasteiger charge is -2.17. The lowest BCUT2D eigenvalue weighted by atomic mass is 9.87. The number of carbonyl (C=O) groups is 1. The molecule has 0 radical (unpaired) electrons. The lowest BCUT2D eigenvalue weighted by Crippen LogP contribution is -2.17. The van der Waals surface area contributed by atoms with E-state index in [0.717, 1.165) is 33.1 Å². The van der Waals surface area contributed by atoms with Crippen molar-refractivity contribution in [3.8, 4) is 0 Å². The summed E-state index contributed by atoms with van der Waals surface area (Å²) in [5.41, 5.74) is 5.94. The van der Waals surface area contributed by atoms with Crippen LogP contribution in [-0.2, 0) is 0 Å². The summed E-state index contributed by atoms with van der Waals surface area (Å²) in [6.45, 7) is 2.07. The third-order valence-corrected chi connectivity index (χ3v) is 5.44. The van der Waals surface area contributed by atoms with Crippen LogP contribution in [0.15, 0.2) is 79.0 Å². The van der Waals surface area contributed by atoms with Crippen LogP contribution < -0.4 is 0 Å². The van der Waals surface area contributed by atoms with Gasteiger partial charge >= 0.3 is 0 Å². The standard InChI is InChI=1S/C24H20N4O/c1-16-10-12-17(13-11-16)19(20-15-25-21-7-3-2-6-18(20)21)14-24(29)28-23-9-5-4-8-22(23)26-27-28/h2-13,15,19,25H,14H2,1H3. The number of carbonyl (C=O) groups excluding carboxylic acids is 1. The molecular weight excluding hydrogens is 360 g/mol. The minimum absolute atomic E-state index is 0.0745. The second-order valence-corrected chi connectivity index (χ2v) is 7.34. The number of nitrogens with one attached hydrogen (secondary N) is 1. The molecule has 0 saturated heterocycles. The van der Waals surface area contributed by atoms with Gasteiger partial charge in [-0.15, -0.1) is 5.10 Å². The lowest BCUT2D eigenvalue weighted by molar-refractivity contribution is 0.0885. The molecule has 0 amide bonds. The third-order valence-electron chi connectivity index (χ3n) is 5.44. The summed E-state index contributed by atoms with van der Waals surface area (Å²) in [4.78, 5) is 16.6. The fraction of sp³-hybridized carbons (Fsp3) is 0.125. The largest absolute Gasteiger partial charge is 0.361 e. The Morgan fingerprint density at radius 2 is 1.76 bits per heavy atom. The van der Waals surface area contributed by atoms with Crippen LogP contribution in [0.4, 0.5) is 0 Å². The molecule has 5 nitrogen and oxygen atoms in total.